The zero-order chi connectivity index (χ0) is 17.1. The maximum absolute atomic E-state index is 13.3. The van der Waals surface area contributed by atoms with Crippen LogP contribution in [0.3, 0.4) is 0 Å². The van der Waals surface area contributed by atoms with Crippen LogP contribution in [-0.2, 0) is 4.74 Å². The number of aromatic nitrogens is 4. The molecule has 1 atom stereocenters. The van der Waals surface area contributed by atoms with Crippen molar-refractivity contribution in [1.82, 2.24) is 25.1 Å². The number of nitrogens with zero attached hydrogens (tertiary/aromatic N) is 4. The Kier molecular flexibility index (Phi) is 4.53. The predicted octanol–water partition coefficient (Wildman–Crippen LogP) is 1.98. The average Bonchev–Trinajstić information content (AvgIpc) is 3.14. The Hall–Kier alpha value is -2.58. The van der Waals surface area contributed by atoms with Crippen molar-refractivity contribution in [3.8, 4) is 0 Å². The Morgan fingerprint density at radius 1 is 1.20 bits per heavy atom. The van der Waals surface area contributed by atoms with Gasteiger partial charge in [0, 0.05) is 19.6 Å². The molecule has 4 rings (SSSR count). The molecule has 0 saturated carbocycles. The lowest BCUT2D eigenvalue weighted by atomic mass is 10.0. The summed E-state index contributed by atoms with van der Waals surface area (Å²) >= 11 is 0. The summed E-state index contributed by atoms with van der Waals surface area (Å²) in [6.45, 7) is 3.74. The third-order valence-corrected chi connectivity index (χ3v) is 4.45. The molecule has 0 unspecified atom stereocenters. The van der Waals surface area contributed by atoms with Gasteiger partial charge in [-0.2, -0.15) is 5.10 Å². The molecule has 1 fully saturated rings. The van der Waals surface area contributed by atoms with Crippen LogP contribution in [0.15, 0.2) is 36.8 Å². The highest BCUT2D eigenvalue weighted by Gasteiger charge is 2.23. The van der Waals surface area contributed by atoms with Crippen LogP contribution in [0.2, 0.25) is 0 Å². The van der Waals surface area contributed by atoms with Crippen molar-refractivity contribution in [3.05, 3.63) is 48.2 Å². The van der Waals surface area contributed by atoms with E-state index in [9.17, 15) is 4.39 Å². The molecule has 3 heterocycles. The van der Waals surface area contributed by atoms with Crippen molar-refractivity contribution in [2.45, 2.75) is 6.04 Å². The monoisotopic (exact) mass is 342 g/mol. The molecule has 1 aliphatic heterocycles. The number of aromatic amines is 1. The fourth-order valence-electron chi connectivity index (χ4n) is 3.13. The number of H-pyrrole nitrogens is 1. The van der Waals surface area contributed by atoms with Gasteiger partial charge >= 0.3 is 0 Å². The van der Waals surface area contributed by atoms with E-state index in [1.807, 2.05) is 12.1 Å². The lowest BCUT2D eigenvalue weighted by Crippen LogP contribution is -2.41. The summed E-state index contributed by atoms with van der Waals surface area (Å²) < 4.78 is 18.8. The Morgan fingerprint density at radius 2 is 2.00 bits per heavy atom. The smallest absolute Gasteiger partial charge is 0.160 e. The minimum atomic E-state index is -0.228. The third-order valence-electron chi connectivity index (χ3n) is 4.45. The molecule has 0 amide bonds. The summed E-state index contributed by atoms with van der Waals surface area (Å²) in [4.78, 5) is 10.8. The molecule has 2 aromatic heterocycles. The summed E-state index contributed by atoms with van der Waals surface area (Å²) in [5, 5.41) is 11.1. The largest absolute Gasteiger partial charge is 0.379 e. The van der Waals surface area contributed by atoms with Crippen LogP contribution in [-0.4, -0.2) is 57.9 Å². The van der Waals surface area contributed by atoms with Gasteiger partial charge in [0.2, 0.25) is 0 Å². The molecule has 1 aromatic carbocycles. The van der Waals surface area contributed by atoms with E-state index in [1.54, 1.807) is 6.20 Å². The first-order chi connectivity index (χ1) is 12.3. The van der Waals surface area contributed by atoms with Crippen molar-refractivity contribution in [3.63, 3.8) is 0 Å². The van der Waals surface area contributed by atoms with Gasteiger partial charge in [-0.1, -0.05) is 12.1 Å². The van der Waals surface area contributed by atoms with Gasteiger partial charge < -0.3 is 10.1 Å². The topological polar surface area (TPSA) is 79.0 Å². The summed E-state index contributed by atoms with van der Waals surface area (Å²) in [5.41, 5.74) is 1.76. The minimum absolute atomic E-state index is 0.0985. The van der Waals surface area contributed by atoms with E-state index in [0.717, 1.165) is 29.9 Å². The van der Waals surface area contributed by atoms with Crippen LogP contribution in [0.1, 0.15) is 11.6 Å². The number of morpholine rings is 1. The molecule has 0 spiro atoms. The molecule has 25 heavy (non-hydrogen) atoms. The zero-order valence-corrected chi connectivity index (χ0v) is 13.7. The Morgan fingerprint density at radius 3 is 2.80 bits per heavy atom. The number of anilines is 1. The number of nitrogens with one attached hydrogen (secondary N) is 2. The van der Waals surface area contributed by atoms with Crippen LogP contribution in [0.4, 0.5) is 10.2 Å². The second-order valence-corrected chi connectivity index (χ2v) is 5.95. The van der Waals surface area contributed by atoms with Gasteiger partial charge in [0.25, 0.3) is 0 Å². The van der Waals surface area contributed by atoms with Crippen LogP contribution >= 0.6 is 0 Å². The van der Waals surface area contributed by atoms with E-state index in [4.69, 9.17) is 4.74 Å². The van der Waals surface area contributed by atoms with Gasteiger partial charge in [0.1, 0.15) is 18.0 Å². The van der Waals surface area contributed by atoms with Crippen LogP contribution < -0.4 is 5.32 Å². The van der Waals surface area contributed by atoms with E-state index in [0.29, 0.717) is 25.4 Å². The molecular weight excluding hydrogens is 323 g/mol. The van der Waals surface area contributed by atoms with E-state index < -0.39 is 0 Å². The van der Waals surface area contributed by atoms with E-state index >= 15 is 0 Å². The maximum atomic E-state index is 13.3. The molecule has 1 saturated heterocycles. The van der Waals surface area contributed by atoms with Gasteiger partial charge in [-0.3, -0.25) is 10.00 Å². The van der Waals surface area contributed by atoms with E-state index in [2.05, 4.69) is 30.4 Å². The Bertz CT molecular complexity index is 831. The first kappa shape index (κ1) is 15.9. The Balaban J connectivity index is 1.57. The lowest BCUT2D eigenvalue weighted by molar-refractivity contribution is 0.0187. The van der Waals surface area contributed by atoms with E-state index in [-0.39, 0.29) is 11.9 Å². The molecule has 0 bridgehead atoms. The number of ether oxygens (including phenoxy) is 1. The predicted molar refractivity (Wildman–Crippen MR) is 91.7 cm³/mol. The van der Waals surface area contributed by atoms with Crippen molar-refractivity contribution in [1.29, 1.82) is 0 Å². The summed E-state index contributed by atoms with van der Waals surface area (Å²) in [7, 11) is 0. The van der Waals surface area contributed by atoms with Gasteiger partial charge in [0.15, 0.2) is 5.65 Å². The van der Waals surface area contributed by atoms with E-state index in [1.165, 1.54) is 18.5 Å². The molecule has 8 heteroatoms. The van der Waals surface area contributed by atoms with Gasteiger partial charge in [-0.25, -0.2) is 14.4 Å². The van der Waals surface area contributed by atoms with Crippen LogP contribution in [0.5, 0.6) is 0 Å². The number of rotatable bonds is 5. The van der Waals surface area contributed by atoms with Crippen molar-refractivity contribution in [2.75, 3.05) is 38.2 Å². The van der Waals surface area contributed by atoms with Crippen molar-refractivity contribution >= 4 is 16.9 Å². The minimum Gasteiger partial charge on any atom is -0.379 e. The Labute approximate surface area is 144 Å². The summed E-state index contributed by atoms with van der Waals surface area (Å²) in [5.74, 6) is 0.507. The van der Waals surface area contributed by atoms with Crippen LogP contribution in [0.25, 0.3) is 11.0 Å². The zero-order valence-electron chi connectivity index (χ0n) is 13.7. The summed E-state index contributed by atoms with van der Waals surface area (Å²) in [6.07, 6.45) is 3.21. The fraction of sp³-hybridized carbons (Fsp3) is 0.353. The standard InChI is InChI=1S/C17H19FN6O/c18-13-3-1-12(2-4-13)15(24-5-7-25-8-6-24)10-19-16-14-9-22-23-17(14)21-11-20-16/h1-4,9,11,15H,5-8,10H2,(H2,19,20,21,22,23)/t15-/m0/s1. The molecule has 3 aromatic rings. The van der Waals surface area contributed by atoms with Gasteiger partial charge in [-0.15, -0.1) is 0 Å². The fourth-order valence-corrected chi connectivity index (χ4v) is 3.13. The number of fused-ring (bicyclic) bond motifs is 1. The maximum Gasteiger partial charge on any atom is 0.160 e. The normalized spacial score (nSPS) is 16.8. The summed E-state index contributed by atoms with van der Waals surface area (Å²) in [6, 6.07) is 6.78. The highest BCUT2D eigenvalue weighted by atomic mass is 19.1. The highest BCUT2D eigenvalue weighted by Crippen LogP contribution is 2.24. The van der Waals surface area contributed by atoms with Gasteiger partial charge in [0.05, 0.1) is 30.8 Å². The first-order valence-electron chi connectivity index (χ1n) is 8.26. The molecule has 0 aliphatic carbocycles. The molecule has 2 N–H and O–H groups in total. The SMILES string of the molecule is Fc1ccc([C@H](CNc2ncnc3[nH]ncc23)N2CCOCC2)cc1. The number of hydrogen-bond acceptors (Lipinski definition) is 6. The second-order valence-electron chi connectivity index (χ2n) is 5.95. The van der Waals surface area contributed by atoms with Crippen LogP contribution in [0, 0.1) is 5.82 Å². The molecule has 0 radical (unpaired) electrons. The highest BCUT2D eigenvalue weighted by molar-refractivity contribution is 5.85. The molecule has 130 valence electrons. The number of hydrogen-bond donors (Lipinski definition) is 2. The lowest BCUT2D eigenvalue weighted by Gasteiger charge is -2.35. The van der Waals surface area contributed by atoms with Crippen molar-refractivity contribution < 1.29 is 9.13 Å². The number of benzene rings is 1. The van der Waals surface area contributed by atoms with Gasteiger partial charge in [-0.05, 0) is 17.7 Å². The van der Waals surface area contributed by atoms with Crippen molar-refractivity contribution in [2.24, 2.45) is 0 Å². The quantitative estimate of drug-likeness (QED) is 0.738. The average molecular weight is 342 g/mol. The molecule has 7 nitrogen and oxygen atoms in total. The molecular formula is C17H19FN6O. The first-order valence-corrected chi connectivity index (χ1v) is 8.26. The number of halogens is 1. The second kappa shape index (κ2) is 7.12. The third kappa shape index (κ3) is 3.45. The molecule has 1 aliphatic rings.